The minimum Gasteiger partial charge on any atom is -0.479 e. The summed E-state index contributed by atoms with van der Waals surface area (Å²) in [6, 6.07) is 0. The molecule has 7 heteroatoms. The van der Waals surface area contributed by atoms with E-state index in [0.717, 1.165) is 11.8 Å². The molecule has 0 amide bonds. The van der Waals surface area contributed by atoms with Gasteiger partial charge in [-0.05, 0) is 20.8 Å². The maximum atomic E-state index is 13.4. The summed E-state index contributed by atoms with van der Waals surface area (Å²) in [5, 5.41) is 3.21. The molecule has 0 saturated carbocycles. The van der Waals surface area contributed by atoms with Crippen molar-refractivity contribution in [3.05, 3.63) is 11.5 Å². The van der Waals surface area contributed by atoms with Crippen molar-refractivity contribution in [2.24, 2.45) is 0 Å². The largest absolute Gasteiger partial charge is 0.479 e. The fourth-order valence-electron chi connectivity index (χ4n) is 1.20. The number of aromatic nitrogens is 2. The van der Waals surface area contributed by atoms with Gasteiger partial charge < -0.3 is 4.74 Å². The van der Waals surface area contributed by atoms with E-state index >= 15 is 0 Å². The molecule has 1 heterocycles. The van der Waals surface area contributed by atoms with Crippen molar-refractivity contribution in [1.29, 1.82) is 0 Å². The lowest BCUT2D eigenvalue weighted by Gasteiger charge is -2.20. The first kappa shape index (κ1) is 12.8. The minimum absolute atomic E-state index is 0.514. The minimum atomic E-state index is -4.83. The van der Waals surface area contributed by atoms with E-state index in [1.54, 1.807) is 20.8 Å². The van der Waals surface area contributed by atoms with Gasteiger partial charge in [0.2, 0.25) is 17.4 Å². The summed E-state index contributed by atoms with van der Waals surface area (Å²) in [5.41, 5.74) is -2.35. The van der Waals surface area contributed by atoms with Gasteiger partial charge in [0.25, 0.3) is 0 Å². The monoisotopic (exact) mass is 240 g/mol. The number of methoxy groups -OCH3 is 1. The van der Waals surface area contributed by atoms with Crippen LogP contribution in [-0.4, -0.2) is 16.9 Å². The van der Waals surface area contributed by atoms with E-state index in [1.165, 1.54) is 0 Å². The second-order valence-electron chi connectivity index (χ2n) is 4.25. The Morgan fingerprint density at radius 2 is 1.69 bits per heavy atom. The SMILES string of the molecule is COc1c(F)c(C(F)(F)F)nn1C(C)(C)C. The average molecular weight is 240 g/mol. The molecular weight excluding hydrogens is 228 g/mol. The molecule has 0 radical (unpaired) electrons. The summed E-state index contributed by atoms with van der Waals surface area (Å²) >= 11 is 0. The highest BCUT2D eigenvalue weighted by Gasteiger charge is 2.42. The maximum Gasteiger partial charge on any atom is 0.438 e. The van der Waals surface area contributed by atoms with Crippen molar-refractivity contribution in [3.8, 4) is 5.88 Å². The van der Waals surface area contributed by atoms with Gasteiger partial charge in [-0.15, -0.1) is 0 Å². The van der Waals surface area contributed by atoms with Gasteiger partial charge in [0.1, 0.15) is 0 Å². The van der Waals surface area contributed by atoms with Gasteiger partial charge in [0, 0.05) is 0 Å². The number of nitrogens with zero attached hydrogens (tertiary/aromatic N) is 2. The summed E-state index contributed by atoms with van der Waals surface area (Å²) in [5.74, 6) is -2.00. The second kappa shape index (κ2) is 3.64. The van der Waals surface area contributed by atoms with E-state index in [9.17, 15) is 17.6 Å². The summed E-state index contributed by atoms with van der Waals surface area (Å²) in [7, 11) is 1.10. The van der Waals surface area contributed by atoms with E-state index in [4.69, 9.17) is 0 Å². The van der Waals surface area contributed by atoms with E-state index in [2.05, 4.69) is 9.84 Å². The second-order valence-corrected chi connectivity index (χ2v) is 4.25. The quantitative estimate of drug-likeness (QED) is 0.706. The molecule has 0 fully saturated rings. The molecule has 1 aromatic heterocycles. The Labute approximate surface area is 90.0 Å². The summed E-state index contributed by atoms with van der Waals surface area (Å²) in [6.45, 7) is 4.80. The Morgan fingerprint density at radius 3 is 1.94 bits per heavy atom. The highest BCUT2D eigenvalue weighted by Crippen LogP contribution is 2.36. The van der Waals surface area contributed by atoms with Gasteiger partial charge in [-0.3, -0.25) is 0 Å². The van der Waals surface area contributed by atoms with Crippen LogP contribution in [0.5, 0.6) is 5.88 Å². The molecule has 0 unspecified atom stereocenters. The summed E-state index contributed by atoms with van der Waals surface area (Å²) in [6.07, 6.45) is -4.83. The maximum absolute atomic E-state index is 13.4. The Kier molecular flexibility index (Phi) is 2.91. The zero-order valence-corrected chi connectivity index (χ0v) is 9.31. The Hall–Kier alpha value is -1.27. The molecule has 16 heavy (non-hydrogen) atoms. The van der Waals surface area contributed by atoms with Gasteiger partial charge in [-0.1, -0.05) is 0 Å². The van der Waals surface area contributed by atoms with Gasteiger partial charge in [-0.2, -0.15) is 22.7 Å². The number of hydrogen-bond acceptors (Lipinski definition) is 2. The normalized spacial score (nSPS) is 13.0. The topological polar surface area (TPSA) is 27.1 Å². The van der Waals surface area contributed by atoms with Gasteiger partial charge >= 0.3 is 6.18 Å². The van der Waals surface area contributed by atoms with Crippen LogP contribution in [0.25, 0.3) is 0 Å². The van der Waals surface area contributed by atoms with Crippen LogP contribution < -0.4 is 4.74 Å². The van der Waals surface area contributed by atoms with Crippen LogP contribution in [0.2, 0.25) is 0 Å². The number of ether oxygens (including phenoxy) is 1. The third-order valence-electron chi connectivity index (χ3n) is 1.89. The van der Waals surface area contributed by atoms with Gasteiger partial charge in [0.15, 0.2) is 0 Å². The van der Waals surface area contributed by atoms with Crippen molar-refractivity contribution in [2.75, 3.05) is 7.11 Å². The third-order valence-corrected chi connectivity index (χ3v) is 1.89. The van der Waals surface area contributed by atoms with E-state index < -0.39 is 29.1 Å². The molecule has 0 atom stereocenters. The lowest BCUT2D eigenvalue weighted by Crippen LogP contribution is -2.24. The molecule has 0 aliphatic heterocycles. The molecule has 0 bridgehead atoms. The first-order valence-electron chi connectivity index (χ1n) is 4.49. The molecule has 0 spiro atoms. The predicted molar refractivity (Wildman–Crippen MR) is 48.7 cm³/mol. The number of hydrogen-bond donors (Lipinski definition) is 0. The van der Waals surface area contributed by atoms with Crippen LogP contribution in [0.1, 0.15) is 26.5 Å². The van der Waals surface area contributed by atoms with Crippen LogP contribution in [0.15, 0.2) is 0 Å². The molecule has 0 aliphatic carbocycles. The molecule has 92 valence electrons. The molecule has 1 aromatic rings. The van der Waals surface area contributed by atoms with Crippen molar-refractivity contribution >= 4 is 0 Å². The fourth-order valence-corrected chi connectivity index (χ4v) is 1.20. The van der Waals surface area contributed by atoms with Crippen LogP contribution in [-0.2, 0) is 11.7 Å². The predicted octanol–water partition coefficient (Wildman–Crippen LogP) is 2.80. The Balaban J connectivity index is 3.44. The highest BCUT2D eigenvalue weighted by atomic mass is 19.4. The van der Waals surface area contributed by atoms with Crippen LogP contribution in [0.3, 0.4) is 0 Å². The first-order valence-corrected chi connectivity index (χ1v) is 4.49. The molecule has 3 nitrogen and oxygen atoms in total. The average Bonchev–Trinajstić information content (AvgIpc) is 2.40. The van der Waals surface area contributed by atoms with Crippen molar-refractivity contribution in [1.82, 2.24) is 9.78 Å². The zero-order valence-electron chi connectivity index (χ0n) is 9.31. The number of rotatable bonds is 1. The van der Waals surface area contributed by atoms with Crippen LogP contribution >= 0.6 is 0 Å². The molecule has 0 saturated heterocycles. The van der Waals surface area contributed by atoms with Gasteiger partial charge in [-0.25, -0.2) is 4.68 Å². The molecule has 0 aliphatic rings. The molecule has 0 N–H and O–H groups in total. The third kappa shape index (κ3) is 2.12. The lowest BCUT2D eigenvalue weighted by molar-refractivity contribution is -0.144. The number of halogens is 4. The Bertz CT molecular complexity index is 389. The lowest BCUT2D eigenvalue weighted by atomic mass is 10.1. The molecule has 0 aromatic carbocycles. The van der Waals surface area contributed by atoms with Crippen LogP contribution in [0.4, 0.5) is 17.6 Å². The molecule has 1 rings (SSSR count). The highest BCUT2D eigenvalue weighted by molar-refractivity contribution is 5.23. The fraction of sp³-hybridized carbons (Fsp3) is 0.667. The standard InChI is InChI=1S/C9H12F4N2O/c1-8(2,3)15-7(16-4)5(10)6(14-15)9(11,12)13/h1-4H3. The van der Waals surface area contributed by atoms with Crippen molar-refractivity contribution in [2.45, 2.75) is 32.5 Å². The van der Waals surface area contributed by atoms with Crippen LogP contribution in [0, 0.1) is 5.82 Å². The van der Waals surface area contributed by atoms with E-state index in [1.807, 2.05) is 0 Å². The summed E-state index contributed by atoms with van der Waals surface area (Å²) < 4.78 is 56.1. The zero-order chi connectivity index (χ0) is 12.7. The Morgan fingerprint density at radius 1 is 1.19 bits per heavy atom. The van der Waals surface area contributed by atoms with E-state index in [0.29, 0.717) is 0 Å². The van der Waals surface area contributed by atoms with E-state index in [-0.39, 0.29) is 0 Å². The summed E-state index contributed by atoms with van der Waals surface area (Å²) in [4.78, 5) is 0. The van der Waals surface area contributed by atoms with Crippen molar-refractivity contribution < 1.29 is 22.3 Å². The first-order chi connectivity index (χ1) is 7.09. The molecular formula is C9H12F4N2O. The van der Waals surface area contributed by atoms with Crippen molar-refractivity contribution in [3.63, 3.8) is 0 Å². The number of alkyl halides is 3. The van der Waals surface area contributed by atoms with Gasteiger partial charge in [0.05, 0.1) is 12.6 Å². The smallest absolute Gasteiger partial charge is 0.438 e.